The molecule has 1 rings (SSSR count). The molecule has 0 spiro atoms. The van der Waals surface area contributed by atoms with Gasteiger partial charge in [-0.2, -0.15) is 0 Å². The standard InChI is InChI=1S/C12H17Cl2FN2O2S/c1-2-3-4-8(7-16)17-20(18,19)10-6-5-9(13)12(15)11(10)14/h5-6,8,17H,2-4,7,16H2,1H3. The summed E-state index contributed by atoms with van der Waals surface area (Å²) < 4.78 is 40.4. The molecule has 114 valence electrons. The summed E-state index contributed by atoms with van der Waals surface area (Å²) in [4.78, 5) is -0.337. The van der Waals surface area contributed by atoms with Crippen molar-refractivity contribution in [2.75, 3.05) is 6.54 Å². The first kappa shape index (κ1) is 17.7. The maximum absolute atomic E-state index is 13.6. The Kier molecular flexibility index (Phi) is 6.68. The summed E-state index contributed by atoms with van der Waals surface area (Å²) in [7, 11) is -3.93. The average Bonchev–Trinajstić information content (AvgIpc) is 2.40. The molecule has 0 fully saturated rings. The number of unbranched alkanes of at least 4 members (excludes halogenated alkanes) is 1. The summed E-state index contributed by atoms with van der Waals surface area (Å²) in [5.74, 6) is -0.950. The van der Waals surface area contributed by atoms with E-state index in [1.165, 1.54) is 6.07 Å². The summed E-state index contributed by atoms with van der Waals surface area (Å²) in [6.07, 6.45) is 2.38. The topological polar surface area (TPSA) is 72.2 Å². The molecule has 0 saturated heterocycles. The van der Waals surface area contributed by atoms with E-state index in [1.54, 1.807) is 0 Å². The number of sulfonamides is 1. The van der Waals surface area contributed by atoms with Crippen molar-refractivity contribution >= 4 is 33.2 Å². The minimum absolute atomic E-state index is 0.160. The van der Waals surface area contributed by atoms with Gasteiger partial charge in [0.2, 0.25) is 10.0 Å². The van der Waals surface area contributed by atoms with Gasteiger partial charge in [0.1, 0.15) is 4.90 Å². The maximum atomic E-state index is 13.6. The van der Waals surface area contributed by atoms with E-state index in [9.17, 15) is 12.8 Å². The summed E-state index contributed by atoms with van der Waals surface area (Å²) in [6, 6.07) is 1.92. The Morgan fingerprint density at radius 2 is 2.05 bits per heavy atom. The van der Waals surface area contributed by atoms with Crippen LogP contribution in [0.15, 0.2) is 17.0 Å². The van der Waals surface area contributed by atoms with E-state index in [-0.39, 0.29) is 16.5 Å². The molecule has 1 atom stereocenters. The lowest BCUT2D eigenvalue weighted by molar-refractivity contribution is 0.515. The third-order valence-electron chi connectivity index (χ3n) is 2.80. The van der Waals surface area contributed by atoms with Crippen molar-refractivity contribution in [3.8, 4) is 0 Å². The quantitative estimate of drug-likeness (QED) is 0.748. The molecule has 0 bridgehead atoms. The monoisotopic (exact) mass is 342 g/mol. The van der Waals surface area contributed by atoms with Crippen LogP contribution in [-0.4, -0.2) is 21.0 Å². The highest BCUT2D eigenvalue weighted by molar-refractivity contribution is 7.89. The third kappa shape index (κ3) is 4.30. The van der Waals surface area contributed by atoms with Crippen molar-refractivity contribution in [1.29, 1.82) is 0 Å². The van der Waals surface area contributed by atoms with E-state index in [2.05, 4.69) is 4.72 Å². The van der Waals surface area contributed by atoms with Crippen molar-refractivity contribution < 1.29 is 12.8 Å². The van der Waals surface area contributed by atoms with Crippen molar-refractivity contribution in [3.63, 3.8) is 0 Å². The van der Waals surface area contributed by atoms with Crippen LogP contribution in [0.4, 0.5) is 4.39 Å². The molecule has 8 heteroatoms. The van der Waals surface area contributed by atoms with Crippen LogP contribution in [0.2, 0.25) is 10.0 Å². The molecule has 0 saturated carbocycles. The number of nitrogens with two attached hydrogens (primary N) is 1. The van der Waals surface area contributed by atoms with Gasteiger partial charge in [-0.25, -0.2) is 17.5 Å². The van der Waals surface area contributed by atoms with E-state index in [1.807, 2.05) is 6.92 Å². The van der Waals surface area contributed by atoms with Crippen molar-refractivity contribution in [3.05, 3.63) is 28.0 Å². The fourth-order valence-electron chi connectivity index (χ4n) is 1.67. The SMILES string of the molecule is CCCCC(CN)NS(=O)(=O)c1ccc(Cl)c(F)c1Cl. The Morgan fingerprint density at radius 3 is 2.60 bits per heavy atom. The Balaban J connectivity index is 3.02. The van der Waals surface area contributed by atoms with Crippen LogP contribution in [0.3, 0.4) is 0 Å². The molecule has 0 aliphatic rings. The highest BCUT2D eigenvalue weighted by atomic mass is 35.5. The molecular weight excluding hydrogens is 326 g/mol. The molecular formula is C12H17Cl2FN2O2S. The van der Waals surface area contributed by atoms with Crippen LogP contribution in [0.25, 0.3) is 0 Å². The largest absolute Gasteiger partial charge is 0.329 e. The highest BCUT2D eigenvalue weighted by Crippen LogP contribution is 2.29. The van der Waals surface area contributed by atoms with Crippen molar-refractivity contribution in [2.24, 2.45) is 5.73 Å². The van der Waals surface area contributed by atoms with Gasteiger partial charge in [-0.1, -0.05) is 43.0 Å². The first-order valence-corrected chi connectivity index (χ1v) is 8.43. The highest BCUT2D eigenvalue weighted by Gasteiger charge is 2.24. The van der Waals surface area contributed by atoms with Gasteiger partial charge in [0, 0.05) is 12.6 Å². The zero-order valence-electron chi connectivity index (χ0n) is 11.0. The van der Waals surface area contributed by atoms with Gasteiger partial charge in [0.25, 0.3) is 0 Å². The lowest BCUT2D eigenvalue weighted by Gasteiger charge is -2.17. The number of nitrogens with one attached hydrogen (secondary N) is 1. The zero-order chi connectivity index (χ0) is 15.3. The number of hydrogen-bond donors (Lipinski definition) is 2. The number of halogens is 3. The Bertz CT molecular complexity index is 567. The second-order valence-electron chi connectivity index (χ2n) is 4.37. The molecule has 0 amide bonds. The Hall–Kier alpha value is -0.400. The Morgan fingerprint density at radius 1 is 1.40 bits per heavy atom. The predicted octanol–water partition coefficient (Wildman–Crippen LogP) is 2.93. The van der Waals surface area contributed by atoms with Gasteiger partial charge < -0.3 is 5.73 Å². The van der Waals surface area contributed by atoms with Gasteiger partial charge in [0.15, 0.2) is 5.82 Å². The summed E-state index contributed by atoms with van der Waals surface area (Å²) in [6.45, 7) is 2.15. The maximum Gasteiger partial charge on any atom is 0.242 e. The fraction of sp³-hybridized carbons (Fsp3) is 0.500. The van der Waals surface area contributed by atoms with Crippen molar-refractivity contribution in [1.82, 2.24) is 4.72 Å². The zero-order valence-corrected chi connectivity index (χ0v) is 13.3. The molecule has 1 aromatic carbocycles. The van der Waals surface area contributed by atoms with Crippen LogP contribution in [0.1, 0.15) is 26.2 Å². The molecule has 0 aliphatic carbocycles. The first-order valence-electron chi connectivity index (χ1n) is 6.19. The molecule has 0 radical (unpaired) electrons. The summed E-state index contributed by atoms with van der Waals surface area (Å²) >= 11 is 11.2. The molecule has 0 aromatic heterocycles. The third-order valence-corrected chi connectivity index (χ3v) is 5.14. The number of rotatable bonds is 7. The fourth-order valence-corrected chi connectivity index (χ4v) is 3.70. The van der Waals surface area contributed by atoms with Gasteiger partial charge in [-0.15, -0.1) is 0 Å². The van der Waals surface area contributed by atoms with Gasteiger partial charge in [-0.05, 0) is 18.6 Å². The first-order chi connectivity index (χ1) is 9.33. The summed E-state index contributed by atoms with van der Waals surface area (Å²) in [5.41, 5.74) is 5.54. The molecule has 1 aromatic rings. The van der Waals surface area contributed by atoms with Crippen LogP contribution >= 0.6 is 23.2 Å². The molecule has 4 nitrogen and oxygen atoms in total. The van der Waals surface area contributed by atoms with E-state index >= 15 is 0 Å². The average molecular weight is 343 g/mol. The van der Waals surface area contributed by atoms with Gasteiger partial charge in [-0.3, -0.25) is 0 Å². The Labute approximate surface area is 128 Å². The molecule has 3 N–H and O–H groups in total. The second-order valence-corrected chi connectivity index (χ2v) is 6.84. The van der Waals surface area contributed by atoms with Crippen LogP contribution in [-0.2, 0) is 10.0 Å². The minimum atomic E-state index is -3.93. The molecule has 1 unspecified atom stereocenters. The van der Waals surface area contributed by atoms with E-state index in [4.69, 9.17) is 28.9 Å². The van der Waals surface area contributed by atoms with Gasteiger partial charge >= 0.3 is 0 Å². The van der Waals surface area contributed by atoms with E-state index in [0.717, 1.165) is 18.9 Å². The van der Waals surface area contributed by atoms with Gasteiger partial charge in [0.05, 0.1) is 10.0 Å². The van der Waals surface area contributed by atoms with Crippen molar-refractivity contribution in [2.45, 2.75) is 37.1 Å². The number of hydrogen-bond acceptors (Lipinski definition) is 3. The summed E-state index contributed by atoms with van der Waals surface area (Å²) in [5, 5.41) is -0.744. The smallest absolute Gasteiger partial charge is 0.242 e. The minimum Gasteiger partial charge on any atom is -0.329 e. The lowest BCUT2D eigenvalue weighted by atomic mass is 10.1. The molecule has 0 heterocycles. The lowest BCUT2D eigenvalue weighted by Crippen LogP contribution is -2.40. The van der Waals surface area contributed by atoms with Crippen LogP contribution < -0.4 is 10.5 Å². The predicted molar refractivity (Wildman–Crippen MR) is 79.1 cm³/mol. The van der Waals surface area contributed by atoms with E-state index in [0.29, 0.717) is 6.42 Å². The molecule has 0 aliphatic heterocycles. The second kappa shape index (κ2) is 7.56. The number of benzene rings is 1. The van der Waals surface area contributed by atoms with Crippen LogP contribution in [0.5, 0.6) is 0 Å². The van der Waals surface area contributed by atoms with E-state index < -0.39 is 26.9 Å². The molecule has 20 heavy (non-hydrogen) atoms. The van der Waals surface area contributed by atoms with Crippen LogP contribution in [0, 0.1) is 5.82 Å². The normalized spacial score (nSPS) is 13.4.